The zero-order valence-corrected chi connectivity index (χ0v) is 12.8. The summed E-state index contributed by atoms with van der Waals surface area (Å²) in [6, 6.07) is 8.98. The summed E-state index contributed by atoms with van der Waals surface area (Å²) in [5.41, 5.74) is 1.39. The zero-order valence-electron chi connectivity index (χ0n) is 12.8. The Morgan fingerprint density at radius 1 is 1.18 bits per heavy atom. The third-order valence-electron chi connectivity index (χ3n) is 3.69. The van der Waals surface area contributed by atoms with Gasteiger partial charge >= 0.3 is 0 Å². The predicted molar refractivity (Wildman–Crippen MR) is 83.6 cm³/mol. The molecule has 0 radical (unpaired) electrons. The summed E-state index contributed by atoms with van der Waals surface area (Å²) in [5, 5.41) is 2.80. The summed E-state index contributed by atoms with van der Waals surface area (Å²) in [4.78, 5) is 26.5. The van der Waals surface area contributed by atoms with Crippen molar-refractivity contribution < 1.29 is 14.0 Å². The molecule has 22 heavy (non-hydrogen) atoms. The molecule has 114 valence electrons. The van der Waals surface area contributed by atoms with Crippen molar-refractivity contribution in [3.8, 4) is 11.3 Å². The van der Waals surface area contributed by atoms with Crippen LogP contribution >= 0.6 is 0 Å². The van der Waals surface area contributed by atoms with Crippen molar-refractivity contribution in [3.63, 3.8) is 0 Å². The Kier molecular flexibility index (Phi) is 3.28. The third kappa shape index (κ3) is 2.50. The number of carbonyl (C=O) groups is 2. The van der Waals surface area contributed by atoms with Gasteiger partial charge in [0.05, 0.1) is 17.5 Å². The van der Waals surface area contributed by atoms with Gasteiger partial charge in [0.2, 0.25) is 5.91 Å². The predicted octanol–water partition coefficient (Wildman–Crippen LogP) is 3.14. The Morgan fingerprint density at radius 3 is 2.59 bits per heavy atom. The second-order valence-corrected chi connectivity index (χ2v) is 6.35. The zero-order chi connectivity index (χ0) is 15.9. The molecule has 0 atom stereocenters. The van der Waals surface area contributed by atoms with Gasteiger partial charge in [-0.1, -0.05) is 0 Å². The minimum absolute atomic E-state index is 0.0487. The van der Waals surface area contributed by atoms with Crippen molar-refractivity contribution in [2.45, 2.75) is 26.3 Å². The quantitative estimate of drug-likeness (QED) is 0.879. The fraction of sp³-hybridized carbons (Fsp3) is 0.294. The number of nitrogens with zero attached hydrogens (tertiary/aromatic N) is 1. The highest BCUT2D eigenvalue weighted by Crippen LogP contribution is 2.30. The summed E-state index contributed by atoms with van der Waals surface area (Å²) >= 11 is 0. The molecule has 3 rings (SSSR count). The van der Waals surface area contributed by atoms with Gasteiger partial charge < -0.3 is 14.6 Å². The van der Waals surface area contributed by atoms with E-state index in [1.165, 1.54) is 0 Å². The number of amides is 2. The maximum Gasteiger partial charge on any atom is 0.256 e. The van der Waals surface area contributed by atoms with Gasteiger partial charge in [0.15, 0.2) is 0 Å². The average molecular weight is 298 g/mol. The van der Waals surface area contributed by atoms with E-state index in [4.69, 9.17) is 4.42 Å². The molecule has 0 unspecified atom stereocenters. The molecule has 0 bridgehead atoms. The van der Waals surface area contributed by atoms with Gasteiger partial charge in [0.25, 0.3) is 5.91 Å². The lowest BCUT2D eigenvalue weighted by Crippen LogP contribution is -2.47. The number of nitrogens with one attached hydrogen (secondary N) is 1. The van der Waals surface area contributed by atoms with Crippen LogP contribution in [0.15, 0.2) is 41.0 Å². The Balaban J connectivity index is 2.10. The fourth-order valence-corrected chi connectivity index (χ4v) is 2.52. The Hall–Kier alpha value is -2.56. The molecular weight excluding hydrogens is 280 g/mol. The van der Waals surface area contributed by atoms with Crippen LogP contribution in [0.2, 0.25) is 0 Å². The van der Waals surface area contributed by atoms with Crippen LogP contribution in [0.4, 0.5) is 5.69 Å². The summed E-state index contributed by atoms with van der Waals surface area (Å²) in [6.45, 7) is 5.80. The molecule has 1 aromatic heterocycles. The molecule has 1 aliphatic rings. The molecule has 0 aliphatic carbocycles. The number of hydrogen-bond acceptors (Lipinski definition) is 3. The Labute approximate surface area is 128 Å². The molecule has 2 aromatic rings. The molecule has 0 fully saturated rings. The standard InChI is InChI=1S/C17H18N2O3/c1-17(2,3)19-10-15(20)18-13-7-6-11(9-12(13)16(19)21)14-5-4-8-22-14/h4-9H,10H2,1-3H3,(H,18,20). The summed E-state index contributed by atoms with van der Waals surface area (Å²) in [5.74, 6) is 0.343. The van der Waals surface area contributed by atoms with E-state index in [9.17, 15) is 9.59 Å². The normalized spacial score (nSPS) is 15.3. The molecular formula is C17H18N2O3. The molecule has 0 saturated heterocycles. The number of benzene rings is 1. The lowest BCUT2D eigenvalue weighted by molar-refractivity contribution is -0.117. The monoisotopic (exact) mass is 298 g/mol. The lowest BCUT2D eigenvalue weighted by atomic mass is 10.0. The van der Waals surface area contributed by atoms with Crippen molar-refractivity contribution in [2.75, 3.05) is 11.9 Å². The minimum atomic E-state index is -0.434. The van der Waals surface area contributed by atoms with Crippen LogP contribution in [-0.4, -0.2) is 28.8 Å². The molecule has 5 nitrogen and oxygen atoms in total. The van der Waals surface area contributed by atoms with E-state index in [2.05, 4.69) is 5.32 Å². The van der Waals surface area contributed by atoms with Crippen molar-refractivity contribution in [1.82, 2.24) is 4.90 Å². The molecule has 1 aliphatic heterocycles. The van der Waals surface area contributed by atoms with Crippen LogP contribution in [0, 0.1) is 0 Å². The van der Waals surface area contributed by atoms with Crippen molar-refractivity contribution >= 4 is 17.5 Å². The first-order chi connectivity index (χ1) is 10.4. The van der Waals surface area contributed by atoms with Crippen LogP contribution in [0.5, 0.6) is 0 Å². The smallest absolute Gasteiger partial charge is 0.256 e. The number of carbonyl (C=O) groups excluding carboxylic acids is 2. The van der Waals surface area contributed by atoms with E-state index in [1.807, 2.05) is 32.9 Å². The molecule has 2 amide bonds. The van der Waals surface area contributed by atoms with E-state index in [-0.39, 0.29) is 18.4 Å². The van der Waals surface area contributed by atoms with Gasteiger partial charge in [0, 0.05) is 11.1 Å². The maximum absolute atomic E-state index is 12.9. The SMILES string of the molecule is CC(C)(C)N1CC(=O)Nc2ccc(-c3ccco3)cc2C1=O. The van der Waals surface area contributed by atoms with Gasteiger partial charge in [-0.2, -0.15) is 0 Å². The van der Waals surface area contributed by atoms with Crippen molar-refractivity contribution in [3.05, 3.63) is 42.2 Å². The van der Waals surface area contributed by atoms with Gasteiger partial charge in [-0.15, -0.1) is 0 Å². The molecule has 2 heterocycles. The number of rotatable bonds is 1. The van der Waals surface area contributed by atoms with Gasteiger partial charge in [-0.3, -0.25) is 9.59 Å². The van der Waals surface area contributed by atoms with Crippen LogP contribution in [-0.2, 0) is 4.79 Å². The third-order valence-corrected chi connectivity index (χ3v) is 3.69. The summed E-state index contributed by atoms with van der Waals surface area (Å²) in [6.07, 6.45) is 1.59. The Bertz CT molecular complexity index is 727. The van der Waals surface area contributed by atoms with Gasteiger partial charge in [0.1, 0.15) is 12.3 Å². The molecule has 1 aromatic carbocycles. The lowest BCUT2D eigenvalue weighted by Gasteiger charge is -2.34. The minimum Gasteiger partial charge on any atom is -0.464 e. The van der Waals surface area contributed by atoms with Crippen molar-refractivity contribution in [2.24, 2.45) is 0 Å². The van der Waals surface area contributed by atoms with E-state index in [0.29, 0.717) is 17.0 Å². The maximum atomic E-state index is 12.9. The second-order valence-electron chi connectivity index (χ2n) is 6.35. The molecule has 1 N–H and O–H groups in total. The highest BCUT2D eigenvalue weighted by atomic mass is 16.3. The highest BCUT2D eigenvalue weighted by molar-refractivity contribution is 6.09. The van der Waals surface area contributed by atoms with Crippen LogP contribution < -0.4 is 5.32 Å². The molecule has 0 spiro atoms. The Morgan fingerprint density at radius 2 is 1.95 bits per heavy atom. The summed E-state index contributed by atoms with van der Waals surface area (Å²) < 4.78 is 5.38. The number of hydrogen-bond donors (Lipinski definition) is 1. The topological polar surface area (TPSA) is 62.6 Å². The van der Waals surface area contributed by atoms with E-state index < -0.39 is 5.54 Å². The van der Waals surface area contributed by atoms with Crippen LogP contribution in [0.1, 0.15) is 31.1 Å². The van der Waals surface area contributed by atoms with Crippen LogP contribution in [0.3, 0.4) is 0 Å². The highest BCUT2D eigenvalue weighted by Gasteiger charge is 2.33. The number of anilines is 1. The first kappa shape index (κ1) is 14.4. The van der Waals surface area contributed by atoms with Crippen molar-refractivity contribution in [1.29, 1.82) is 0 Å². The average Bonchev–Trinajstić information content (AvgIpc) is 2.93. The largest absolute Gasteiger partial charge is 0.464 e. The van der Waals surface area contributed by atoms with E-state index in [0.717, 1.165) is 5.56 Å². The first-order valence-electron chi connectivity index (χ1n) is 7.16. The fourth-order valence-electron chi connectivity index (χ4n) is 2.52. The first-order valence-corrected chi connectivity index (χ1v) is 7.16. The van der Waals surface area contributed by atoms with Gasteiger partial charge in [-0.05, 0) is 51.1 Å². The second kappa shape index (κ2) is 5.02. The van der Waals surface area contributed by atoms with E-state index in [1.54, 1.807) is 29.4 Å². The molecule has 5 heteroatoms. The molecule has 0 saturated carbocycles. The summed E-state index contributed by atoms with van der Waals surface area (Å²) in [7, 11) is 0. The van der Waals surface area contributed by atoms with Crippen LogP contribution in [0.25, 0.3) is 11.3 Å². The number of fused-ring (bicyclic) bond motifs is 1. The van der Waals surface area contributed by atoms with Gasteiger partial charge in [-0.25, -0.2) is 0 Å². The number of furan rings is 1. The van der Waals surface area contributed by atoms with E-state index >= 15 is 0 Å².